The summed E-state index contributed by atoms with van der Waals surface area (Å²) in [7, 11) is 0. The molecule has 2 nitrogen and oxygen atoms in total. The number of rotatable bonds is 4. The molecule has 1 aromatic carbocycles. The molecule has 0 saturated carbocycles. The maximum Gasteiger partial charge on any atom is 0.149 e. The van der Waals surface area contributed by atoms with Crippen molar-refractivity contribution in [3.63, 3.8) is 0 Å². The highest BCUT2D eigenvalue weighted by Crippen LogP contribution is 2.07. The molecule has 0 fully saturated rings. The normalized spacial score (nSPS) is 12.5. The van der Waals surface area contributed by atoms with Crippen molar-refractivity contribution < 1.29 is 4.79 Å². The summed E-state index contributed by atoms with van der Waals surface area (Å²) in [6.07, 6.45) is 1.17. The Hall–Kier alpha value is -1.15. The molecule has 1 aromatic rings. The molecule has 76 valence electrons. The zero-order chi connectivity index (χ0) is 10.6. The monoisotopic (exact) mass is 191 g/mol. The van der Waals surface area contributed by atoms with Gasteiger partial charge >= 0.3 is 0 Å². The molecule has 0 saturated heterocycles. The second-order valence-corrected chi connectivity index (χ2v) is 3.62. The molecule has 0 aliphatic rings. The van der Waals surface area contributed by atoms with Gasteiger partial charge in [0.2, 0.25) is 0 Å². The SMILES string of the molecule is CCC(=O)C(N)Cc1cccc(C)c1. The van der Waals surface area contributed by atoms with Crippen LogP contribution in [-0.2, 0) is 11.2 Å². The maximum absolute atomic E-state index is 11.3. The van der Waals surface area contributed by atoms with E-state index in [0.717, 1.165) is 5.56 Å². The van der Waals surface area contributed by atoms with Crippen molar-refractivity contribution in [3.8, 4) is 0 Å². The average Bonchev–Trinajstić information content (AvgIpc) is 2.16. The fraction of sp³-hybridized carbons (Fsp3) is 0.417. The number of aryl methyl sites for hydroxylation is 1. The van der Waals surface area contributed by atoms with E-state index in [1.807, 2.05) is 32.0 Å². The number of Topliss-reactive ketones (excluding diaryl/α,β-unsaturated/α-hetero) is 1. The van der Waals surface area contributed by atoms with E-state index in [-0.39, 0.29) is 11.8 Å². The summed E-state index contributed by atoms with van der Waals surface area (Å²) in [4.78, 5) is 11.3. The van der Waals surface area contributed by atoms with E-state index < -0.39 is 0 Å². The highest BCUT2D eigenvalue weighted by molar-refractivity contribution is 5.83. The first-order valence-electron chi connectivity index (χ1n) is 4.97. The van der Waals surface area contributed by atoms with Gasteiger partial charge in [-0.25, -0.2) is 0 Å². The Morgan fingerprint density at radius 3 is 2.79 bits per heavy atom. The molecule has 0 aliphatic heterocycles. The van der Waals surface area contributed by atoms with E-state index in [4.69, 9.17) is 5.73 Å². The number of nitrogens with two attached hydrogens (primary N) is 1. The lowest BCUT2D eigenvalue weighted by Crippen LogP contribution is -2.32. The van der Waals surface area contributed by atoms with Crippen LogP contribution in [0.3, 0.4) is 0 Å². The molecule has 0 heterocycles. The number of carbonyl (C=O) groups excluding carboxylic acids is 1. The Balaban J connectivity index is 2.64. The zero-order valence-electron chi connectivity index (χ0n) is 8.79. The lowest BCUT2D eigenvalue weighted by Gasteiger charge is -2.09. The minimum atomic E-state index is -0.346. The largest absolute Gasteiger partial charge is 0.321 e. The molecule has 2 heteroatoms. The van der Waals surface area contributed by atoms with Crippen LogP contribution in [-0.4, -0.2) is 11.8 Å². The number of benzene rings is 1. The summed E-state index contributed by atoms with van der Waals surface area (Å²) in [6.45, 7) is 3.88. The third-order valence-corrected chi connectivity index (χ3v) is 2.30. The highest BCUT2D eigenvalue weighted by atomic mass is 16.1. The van der Waals surface area contributed by atoms with Gasteiger partial charge in [-0.05, 0) is 18.9 Å². The minimum Gasteiger partial charge on any atom is -0.321 e. The number of ketones is 1. The topological polar surface area (TPSA) is 43.1 Å². The van der Waals surface area contributed by atoms with E-state index in [1.54, 1.807) is 0 Å². The Morgan fingerprint density at radius 2 is 2.21 bits per heavy atom. The molecular formula is C12H17NO. The van der Waals surface area contributed by atoms with Gasteiger partial charge in [0, 0.05) is 6.42 Å². The van der Waals surface area contributed by atoms with Crippen molar-refractivity contribution in [2.75, 3.05) is 0 Å². The minimum absolute atomic E-state index is 0.131. The summed E-state index contributed by atoms with van der Waals surface area (Å²) >= 11 is 0. The fourth-order valence-corrected chi connectivity index (χ4v) is 1.47. The van der Waals surface area contributed by atoms with Crippen molar-refractivity contribution >= 4 is 5.78 Å². The van der Waals surface area contributed by atoms with Crippen LogP contribution in [0.1, 0.15) is 24.5 Å². The van der Waals surface area contributed by atoms with E-state index in [9.17, 15) is 4.79 Å². The number of hydrogen-bond donors (Lipinski definition) is 1. The third-order valence-electron chi connectivity index (χ3n) is 2.30. The van der Waals surface area contributed by atoms with Crippen molar-refractivity contribution in [2.24, 2.45) is 5.73 Å². The molecule has 2 N–H and O–H groups in total. The zero-order valence-corrected chi connectivity index (χ0v) is 8.79. The van der Waals surface area contributed by atoms with E-state index in [2.05, 4.69) is 6.07 Å². The molecule has 14 heavy (non-hydrogen) atoms. The quantitative estimate of drug-likeness (QED) is 0.789. The van der Waals surface area contributed by atoms with E-state index >= 15 is 0 Å². The van der Waals surface area contributed by atoms with Crippen LogP contribution < -0.4 is 5.73 Å². The van der Waals surface area contributed by atoms with Crippen LogP contribution >= 0.6 is 0 Å². The van der Waals surface area contributed by atoms with Crippen molar-refractivity contribution in [2.45, 2.75) is 32.7 Å². The first-order chi connectivity index (χ1) is 6.63. The first-order valence-corrected chi connectivity index (χ1v) is 4.97. The van der Waals surface area contributed by atoms with Gasteiger partial charge in [0.1, 0.15) is 5.78 Å². The second kappa shape index (κ2) is 4.91. The Bertz CT molecular complexity index is 320. The van der Waals surface area contributed by atoms with Gasteiger partial charge in [-0.2, -0.15) is 0 Å². The van der Waals surface area contributed by atoms with Crippen LogP contribution in [0.25, 0.3) is 0 Å². The fourth-order valence-electron chi connectivity index (χ4n) is 1.47. The van der Waals surface area contributed by atoms with Gasteiger partial charge in [-0.1, -0.05) is 36.8 Å². The van der Waals surface area contributed by atoms with Crippen LogP contribution in [0, 0.1) is 6.92 Å². The van der Waals surface area contributed by atoms with Crippen molar-refractivity contribution in [1.29, 1.82) is 0 Å². The van der Waals surface area contributed by atoms with Gasteiger partial charge in [-0.3, -0.25) is 4.79 Å². The maximum atomic E-state index is 11.3. The van der Waals surface area contributed by atoms with E-state index in [0.29, 0.717) is 12.8 Å². The molecular weight excluding hydrogens is 174 g/mol. The second-order valence-electron chi connectivity index (χ2n) is 3.62. The average molecular weight is 191 g/mol. The molecule has 0 bridgehead atoms. The number of hydrogen-bond acceptors (Lipinski definition) is 2. The summed E-state index contributed by atoms with van der Waals surface area (Å²) in [5, 5.41) is 0. The Morgan fingerprint density at radius 1 is 1.50 bits per heavy atom. The van der Waals surface area contributed by atoms with Gasteiger partial charge < -0.3 is 5.73 Å². The molecule has 0 aromatic heterocycles. The predicted octanol–water partition coefficient (Wildman–Crippen LogP) is 1.84. The van der Waals surface area contributed by atoms with Crippen molar-refractivity contribution in [1.82, 2.24) is 0 Å². The van der Waals surface area contributed by atoms with Gasteiger partial charge in [0.25, 0.3) is 0 Å². The Kier molecular flexibility index (Phi) is 3.84. The molecule has 1 atom stereocenters. The van der Waals surface area contributed by atoms with Crippen LogP contribution in [0.4, 0.5) is 0 Å². The van der Waals surface area contributed by atoms with Crippen LogP contribution in [0.5, 0.6) is 0 Å². The van der Waals surface area contributed by atoms with Gasteiger partial charge in [0.05, 0.1) is 6.04 Å². The summed E-state index contributed by atoms with van der Waals surface area (Å²) < 4.78 is 0. The Labute approximate surface area is 85.1 Å². The molecule has 0 radical (unpaired) electrons. The highest BCUT2D eigenvalue weighted by Gasteiger charge is 2.11. The van der Waals surface area contributed by atoms with Crippen LogP contribution in [0.2, 0.25) is 0 Å². The molecule has 0 amide bonds. The third kappa shape index (κ3) is 2.96. The standard InChI is InChI=1S/C12H17NO/c1-3-12(14)11(13)8-10-6-4-5-9(2)7-10/h4-7,11H,3,8,13H2,1-2H3. The molecule has 0 aliphatic carbocycles. The number of carbonyl (C=O) groups is 1. The first kappa shape index (κ1) is 10.9. The lowest BCUT2D eigenvalue weighted by atomic mass is 10.0. The van der Waals surface area contributed by atoms with Crippen molar-refractivity contribution in [3.05, 3.63) is 35.4 Å². The summed E-state index contributed by atoms with van der Waals surface area (Å²) in [6, 6.07) is 7.77. The molecule has 1 unspecified atom stereocenters. The van der Waals surface area contributed by atoms with Gasteiger partial charge in [0.15, 0.2) is 0 Å². The van der Waals surface area contributed by atoms with E-state index in [1.165, 1.54) is 5.56 Å². The smallest absolute Gasteiger partial charge is 0.149 e. The van der Waals surface area contributed by atoms with Gasteiger partial charge in [-0.15, -0.1) is 0 Å². The molecule has 1 rings (SSSR count). The predicted molar refractivity (Wildman–Crippen MR) is 58.2 cm³/mol. The lowest BCUT2D eigenvalue weighted by molar-refractivity contribution is -0.119. The molecule has 0 spiro atoms. The van der Waals surface area contributed by atoms with Crippen LogP contribution in [0.15, 0.2) is 24.3 Å². The summed E-state index contributed by atoms with van der Waals surface area (Å²) in [5.41, 5.74) is 8.11. The summed E-state index contributed by atoms with van der Waals surface area (Å²) in [5.74, 6) is 0.131.